The molecule has 0 unspecified atom stereocenters. The topological polar surface area (TPSA) is 57.2 Å². The van der Waals surface area contributed by atoms with Gasteiger partial charge in [0.2, 0.25) is 0 Å². The molecule has 0 saturated carbocycles. The third-order valence-corrected chi connectivity index (χ3v) is 10.4. The molecule has 3 rings (SSSR count). The molecule has 0 saturated heterocycles. The van der Waals surface area contributed by atoms with Gasteiger partial charge >= 0.3 is 0 Å². The minimum atomic E-state index is -3.92. The van der Waals surface area contributed by atoms with Crippen molar-refractivity contribution < 1.29 is 13.0 Å². The van der Waals surface area contributed by atoms with Gasteiger partial charge in [0.15, 0.2) is 0 Å². The molecule has 206 valence electrons. The summed E-state index contributed by atoms with van der Waals surface area (Å²) < 4.78 is 27.2. The lowest BCUT2D eigenvalue weighted by Crippen LogP contribution is -2.33. The standard InChI is InChI=1S/C33H38P.CH4O3S/c1-28(2)16-14-17-29(3)18-15-19-30(4)26-27-34(31-20-8-5-9-21-31,32-22-10-6-11-23-32)33-24-12-7-13-25-33;1-5(2,3)4/h5-13,15-16,18-26H,14,17,27H2,1-4H3;1H3,(H,2,3,4)/q+1;/p-1/b19-15+,29-18+,30-26-;. The summed E-state index contributed by atoms with van der Waals surface area (Å²) in [7, 11) is -5.73. The Hall–Kier alpha value is -3.04. The lowest BCUT2D eigenvalue weighted by atomic mass is 10.1. The first kappa shape index (κ1) is 32.2. The summed E-state index contributed by atoms with van der Waals surface area (Å²) in [6, 6.07) is 33.3. The van der Waals surface area contributed by atoms with Gasteiger partial charge < -0.3 is 4.55 Å². The Bertz CT molecular complexity index is 1260. The summed E-state index contributed by atoms with van der Waals surface area (Å²) in [5, 5.41) is 4.28. The number of benzene rings is 3. The average Bonchev–Trinajstić information content (AvgIpc) is 2.90. The lowest BCUT2D eigenvalue weighted by Gasteiger charge is -2.26. The Kier molecular flexibility index (Phi) is 13.3. The van der Waals surface area contributed by atoms with E-state index in [9.17, 15) is 0 Å². The summed E-state index contributed by atoms with van der Waals surface area (Å²) in [5.74, 6) is 0. The maximum absolute atomic E-state index is 9.08. The van der Waals surface area contributed by atoms with Gasteiger partial charge in [-0.3, -0.25) is 0 Å². The van der Waals surface area contributed by atoms with Gasteiger partial charge in [0.25, 0.3) is 0 Å². The van der Waals surface area contributed by atoms with Gasteiger partial charge in [-0.25, -0.2) is 8.42 Å². The first-order valence-electron chi connectivity index (χ1n) is 13.1. The highest BCUT2D eigenvalue weighted by Gasteiger charge is 2.44. The van der Waals surface area contributed by atoms with Crippen LogP contribution in [0.4, 0.5) is 0 Å². The minimum Gasteiger partial charge on any atom is -0.748 e. The van der Waals surface area contributed by atoms with Crippen LogP contribution in [-0.4, -0.2) is 25.4 Å². The van der Waals surface area contributed by atoms with Gasteiger partial charge in [-0.1, -0.05) is 95.6 Å². The molecule has 0 amide bonds. The van der Waals surface area contributed by atoms with E-state index in [1.54, 1.807) is 0 Å². The van der Waals surface area contributed by atoms with Crippen molar-refractivity contribution in [2.24, 2.45) is 0 Å². The van der Waals surface area contributed by atoms with Crippen LogP contribution in [-0.2, 0) is 10.1 Å². The van der Waals surface area contributed by atoms with Crippen molar-refractivity contribution in [1.29, 1.82) is 0 Å². The molecule has 0 N–H and O–H groups in total. The molecule has 0 atom stereocenters. The average molecular weight is 561 g/mol. The number of hydrogen-bond acceptors (Lipinski definition) is 3. The molecule has 39 heavy (non-hydrogen) atoms. The minimum absolute atomic E-state index is 0.604. The summed E-state index contributed by atoms with van der Waals surface area (Å²) in [4.78, 5) is 0. The van der Waals surface area contributed by atoms with Crippen LogP contribution in [0.5, 0.6) is 0 Å². The molecule has 0 radical (unpaired) electrons. The lowest BCUT2D eigenvalue weighted by molar-refractivity contribution is 0.470. The van der Waals surface area contributed by atoms with Gasteiger partial charge in [0.05, 0.1) is 16.3 Å². The van der Waals surface area contributed by atoms with Crippen molar-refractivity contribution >= 4 is 33.3 Å². The molecule has 0 aliphatic rings. The fourth-order valence-corrected chi connectivity index (χ4v) is 8.33. The van der Waals surface area contributed by atoms with Crippen LogP contribution in [0.2, 0.25) is 0 Å². The van der Waals surface area contributed by atoms with Crippen molar-refractivity contribution in [2.45, 2.75) is 40.5 Å². The molecule has 3 nitrogen and oxygen atoms in total. The van der Waals surface area contributed by atoms with E-state index >= 15 is 0 Å². The van der Waals surface area contributed by atoms with E-state index in [1.165, 1.54) is 32.6 Å². The van der Waals surface area contributed by atoms with Crippen LogP contribution in [0.25, 0.3) is 0 Å². The van der Waals surface area contributed by atoms with Crippen molar-refractivity contribution in [3.8, 4) is 0 Å². The zero-order valence-corrected chi connectivity index (χ0v) is 25.5. The smallest absolute Gasteiger partial charge is 0.115 e. The Labute approximate surface area is 236 Å². The first-order chi connectivity index (χ1) is 18.5. The van der Waals surface area contributed by atoms with Crippen LogP contribution >= 0.6 is 7.26 Å². The zero-order chi connectivity index (χ0) is 28.7. The van der Waals surface area contributed by atoms with E-state index in [1.807, 2.05) is 0 Å². The fourth-order valence-electron chi connectivity index (χ4n) is 4.20. The van der Waals surface area contributed by atoms with Crippen LogP contribution in [0.15, 0.2) is 138 Å². The van der Waals surface area contributed by atoms with Crippen molar-refractivity contribution in [1.82, 2.24) is 0 Å². The monoisotopic (exact) mass is 560 g/mol. The van der Waals surface area contributed by atoms with Gasteiger partial charge in [0.1, 0.15) is 23.2 Å². The number of rotatable bonds is 10. The van der Waals surface area contributed by atoms with E-state index < -0.39 is 17.4 Å². The Morgan fingerprint density at radius 2 is 1.15 bits per heavy atom. The van der Waals surface area contributed by atoms with Gasteiger partial charge in [-0.15, -0.1) is 0 Å². The van der Waals surface area contributed by atoms with Gasteiger partial charge in [0, 0.05) is 6.26 Å². The maximum atomic E-state index is 9.08. The highest BCUT2D eigenvalue weighted by Crippen LogP contribution is 2.55. The van der Waals surface area contributed by atoms with Crippen molar-refractivity contribution in [3.05, 3.63) is 138 Å². The molecule has 0 spiro atoms. The normalized spacial score (nSPS) is 12.6. The third-order valence-electron chi connectivity index (χ3n) is 6.11. The van der Waals surface area contributed by atoms with E-state index in [-0.39, 0.29) is 0 Å². The zero-order valence-electron chi connectivity index (χ0n) is 23.7. The quantitative estimate of drug-likeness (QED) is 0.113. The second kappa shape index (κ2) is 16.2. The van der Waals surface area contributed by atoms with E-state index in [0.717, 1.165) is 19.0 Å². The summed E-state index contributed by atoms with van der Waals surface area (Å²) in [6.45, 7) is 8.77. The SMILES string of the molecule is CC(C)=CCC/C(C)=C/C=C/C(C)=C\C[P+](c1ccccc1)(c1ccccc1)c1ccccc1.CS(=O)(=O)[O-]. The van der Waals surface area contributed by atoms with Crippen LogP contribution in [0, 0.1) is 0 Å². The van der Waals surface area contributed by atoms with Crippen molar-refractivity contribution in [2.75, 3.05) is 12.4 Å². The first-order valence-corrected chi connectivity index (χ1v) is 16.9. The van der Waals surface area contributed by atoms with Crippen LogP contribution < -0.4 is 15.9 Å². The second-order valence-corrected chi connectivity index (χ2v) is 14.8. The molecule has 0 heterocycles. The van der Waals surface area contributed by atoms with Gasteiger partial charge in [-0.05, 0) is 83.0 Å². The Morgan fingerprint density at radius 3 is 1.54 bits per heavy atom. The molecule has 0 aromatic heterocycles. The van der Waals surface area contributed by atoms with Crippen LogP contribution in [0.1, 0.15) is 40.5 Å². The molecule has 0 bridgehead atoms. The predicted octanol–water partition coefficient (Wildman–Crippen LogP) is 7.34. The highest BCUT2D eigenvalue weighted by molar-refractivity contribution is 7.95. The molecule has 0 aliphatic carbocycles. The molecule has 0 fully saturated rings. The highest BCUT2D eigenvalue weighted by atomic mass is 32.2. The predicted molar refractivity (Wildman–Crippen MR) is 171 cm³/mol. The summed E-state index contributed by atoms with van der Waals surface area (Å²) in [6.07, 6.45) is 15.3. The number of allylic oxidation sites excluding steroid dienone is 8. The second-order valence-electron chi connectivity index (χ2n) is 9.84. The largest absolute Gasteiger partial charge is 0.748 e. The summed E-state index contributed by atoms with van der Waals surface area (Å²) >= 11 is 0. The molecular weight excluding hydrogens is 519 g/mol. The number of hydrogen-bond donors (Lipinski definition) is 0. The van der Waals surface area contributed by atoms with E-state index in [0.29, 0.717) is 6.26 Å². The molecule has 0 aliphatic heterocycles. The van der Waals surface area contributed by atoms with Gasteiger partial charge in [-0.2, -0.15) is 0 Å². The van der Waals surface area contributed by atoms with E-state index in [4.69, 9.17) is 13.0 Å². The third kappa shape index (κ3) is 11.7. The molecule has 3 aromatic rings. The Morgan fingerprint density at radius 1 is 0.744 bits per heavy atom. The fraction of sp³-hybridized carbons (Fsp3) is 0.235. The molecule has 3 aromatic carbocycles. The van der Waals surface area contributed by atoms with E-state index in [2.05, 4.69) is 149 Å². The maximum Gasteiger partial charge on any atom is 0.115 e. The Balaban J connectivity index is 0.000000976. The summed E-state index contributed by atoms with van der Waals surface area (Å²) in [5.41, 5.74) is 4.12. The van der Waals surface area contributed by atoms with Crippen molar-refractivity contribution in [3.63, 3.8) is 0 Å². The molecular formula is C34H41O3PS. The molecule has 5 heteroatoms. The van der Waals surface area contributed by atoms with Crippen LogP contribution in [0.3, 0.4) is 0 Å².